The van der Waals surface area contributed by atoms with Crippen LogP contribution in [0.4, 0.5) is 0 Å². The Morgan fingerprint density at radius 1 is 1.08 bits per heavy atom. The highest BCUT2D eigenvalue weighted by Gasteiger charge is 2.39. The molecule has 2 aliphatic carbocycles. The lowest BCUT2D eigenvalue weighted by Crippen LogP contribution is -2.53. The molecule has 2 saturated carbocycles. The molecule has 130 valence electrons. The summed E-state index contributed by atoms with van der Waals surface area (Å²) in [5, 5.41) is 3.79. The SMILES string of the molecule is NC1CC2CCCC(C1)C2NC(=O)CCC(=O)c1ccc(Cl)cc1. The van der Waals surface area contributed by atoms with Crippen molar-refractivity contribution < 1.29 is 9.59 Å². The second kappa shape index (κ2) is 7.66. The molecular weight excluding hydrogens is 324 g/mol. The van der Waals surface area contributed by atoms with Crippen molar-refractivity contribution in [2.45, 2.75) is 57.0 Å². The van der Waals surface area contributed by atoms with Gasteiger partial charge in [-0.25, -0.2) is 0 Å². The summed E-state index contributed by atoms with van der Waals surface area (Å²) < 4.78 is 0. The molecule has 1 aromatic carbocycles. The summed E-state index contributed by atoms with van der Waals surface area (Å²) in [6, 6.07) is 7.32. The number of nitrogens with two attached hydrogens (primary N) is 1. The van der Waals surface area contributed by atoms with Crippen LogP contribution in [-0.2, 0) is 4.79 Å². The smallest absolute Gasteiger partial charge is 0.220 e. The molecule has 3 N–H and O–H groups in total. The zero-order valence-corrected chi connectivity index (χ0v) is 14.6. The highest BCUT2D eigenvalue weighted by atomic mass is 35.5. The fourth-order valence-corrected chi connectivity index (χ4v) is 4.42. The maximum Gasteiger partial charge on any atom is 0.220 e. The van der Waals surface area contributed by atoms with Gasteiger partial charge in [0.05, 0.1) is 0 Å². The fourth-order valence-electron chi connectivity index (χ4n) is 4.29. The highest BCUT2D eigenvalue weighted by molar-refractivity contribution is 6.30. The summed E-state index contributed by atoms with van der Waals surface area (Å²) in [5.41, 5.74) is 6.73. The standard InChI is InChI=1S/C19H25ClN2O2/c20-15-6-4-12(5-7-15)17(23)8-9-18(24)22-19-13-2-1-3-14(19)11-16(21)10-13/h4-7,13-14,16,19H,1-3,8-11,21H2,(H,22,24). The van der Waals surface area contributed by atoms with E-state index in [1.54, 1.807) is 24.3 Å². The Morgan fingerprint density at radius 3 is 2.33 bits per heavy atom. The molecule has 4 nitrogen and oxygen atoms in total. The first-order valence-corrected chi connectivity index (χ1v) is 9.24. The van der Waals surface area contributed by atoms with Crippen LogP contribution < -0.4 is 11.1 Å². The third-order valence-electron chi connectivity index (χ3n) is 5.45. The number of carbonyl (C=O) groups excluding carboxylic acids is 2. The van der Waals surface area contributed by atoms with Crippen molar-refractivity contribution in [2.75, 3.05) is 0 Å². The van der Waals surface area contributed by atoms with Crippen molar-refractivity contribution in [3.63, 3.8) is 0 Å². The molecule has 24 heavy (non-hydrogen) atoms. The van der Waals surface area contributed by atoms with Crippen molar-refractivity contribution in [3.05, 3.63) is 34.9 Å². The number of benzene rings is 1. The van der Waals surface area contributed by atoms with Crippen LogP contribution in [-0.4, -0.2) is 23.8 Å². The molecule has 0 spiro atoms. The van der Waals surface area contributed by atoms with Crippen molar-refractivity contribution in [2.24, 2.45) is 17.6 Å². The van der Waals surface area contributed by atoms with Gasteiger partial charge in [-0.3, -0.25) is 9.59 Å². The van der Waals surface area contributed by atoms with E-state index in [1.807, 2.05) is 0 Å². The number of halogens is 1. The van der Waals surface area contributed by atoms with E-state index in [1.165, 1.54) is 6.42 Å². The zero-order valence-electron chi connectivity index (χ0n) is 13.8. The van der Waals surface area contributed by atoms with Gasteiger partial charge < -0.3 is 11.1 Å². The number of fused-ring (bicyclic) bond motifs is 2. The topological polar surface area (TPSA) is 72.2 Å². The molecule has 0 aliphatic heterocycles. The van der Waals surface area contributed by atoms with E-state index in [0.717, 1.165) is 25.7 Å². The van der Waals surface area contributed by atoms with Crippen LogP contribution in [0.25, 0.3) is 0 Å². The highest BCUT2D eigenvalue weighted by Crippen LogP contribution is 2.39. The molecule has 2 aliphatic rings. The summed E-state index contributed by atoms with van der Waals surface area (Å²) in [7, 11) is 0. The van der Waals surface area contributed by atoms with Crippen LogP contribution in [0.3, 0.4) is 0 Å². The monoisotopic (exact) mass is 348 g/mol. The lowest BCUT2D eigenvalue weighted by Gasteiger charge is -2.45. The largest absolute Gasteiger partial charge is 0.353 e. The first-order chi connectivity index (χ1) is 11.5. The Hall–Kier alpha value is -1.39. The summed E-state index contributed by atoms with van der Waals surface area (Å²) >= 11 is 5.82. The molecule has 3 rings (SSSR count). The van der Waals surface area contributed by atoms with Gasteiger partial charge in [-0.1, -0.05) is 18.0 Å². The van der Waals surface area contributed by atoms with E-state index < -0.39 is 0 Å². The van der Waals surface area contributed by atoms with Crippen molar-refractivity contribution >= 4 is 23.3 Å². The molecule has 2 atom stereocenters. The van der Waals surface area contributed by atoms with E-state index in [-0.39, 0.29) is 36.6 Å². The van der Waals surface area contributed by atoms with Gasteiger partial charge in [0, 0.05) is 35.5 Å². The Balaban J connectivity index is 1.50. The van der Waals surface area contributed by atoms with E-state index in [4.69, 9.17) is 17.3 Å². The lowest BCUT2D eigenvalue weighted by atomic mass is 9.67. The summed E-state index contributed by atoms with van der Waals surface area (Å²) in [4.78, 5) is 24.5. The molecule has 1 aromatic rings. The van der Waals surface area contributed by atoms with Gasteiger partial charge in [0.2, 0.25) is 5.91 Å². The van der Waals surface area contributed by atoms with Crippen LogP contribution >= 0.6 is 11.6 Å². The van der Waals surface area contributed by atoms with Crippen LogP contribution in [0.5, 0.6) is 0 Å². The minimum atomic E-state index is -0.0207. The van der Waals surface area contributed by atoms with E-state index in [2.05, 4.69) is 5.32 Å². The Labute approximate surface area is 148 Å². The molecule has 1 amide bonds. The zero-order chi connectivity index (χ0) is 17.1. The molecule has 0 saturated heterocycles. The lowest BCUT2D eigenvalue weighted by molar-refractivity contribution is -0.123. The second-order valence-corrected chi connectivity index (χ2v) is 7.64. The number of ketones is 1. The molecule has 5 heteroatoms. The van der Waals surface area contributed by atoms with Crippen LogP contribution in [0, 0.1) is 11.8 Å². The summed E-state index contributed by atoms with van der Waals surface area (Å²) in [6.45, 7) is 0. The van der Waals surface area contributed by atoms with Gasteiger partial charge in [0.15, 0.2) is 5.78 Å². The van der Waals surface area contributed by atoms with Gasteiger partial charge in [0.1, 0.15) is 0 Å². The van der Waals surface area contributed by atoms with Crippen molar-refractivity contribution in [1.82, 2.24) is 5.32 Å². The quantitative estimate of drug-likeness (QED) is 0.802. The molecular formula is C19H25ClN2O2. The minimum absolute atomic E-state index is 0.0188. The number of amides is 1. The second-order valence-electron chi connectivity index (χ2n) is 7.21. The average Bonchev–Trinajstić information content (AvgIpc) is 2.54. The fraction of sp³-hybridized carbons (Fsp3) is 0.579. The van der Waals surface area contributed by atoms with Gasteiger partial charge in [-0.05, 0) is 61.8 Å². The number of carbonyl (C=O) groups is 2. The van der Waals surface area contributed by atoms with Gasteiger partial charge in [-0.15, -0.1) is 0 Å². The molecule has 0 radical (unpaired) electrons. The normalized spacial score (nSPS) is 29.1. The van der Waals surface area contributed by atoms with E-state index in [0.29, 0.717) is 22.4 Å². The first kappa shape index (κ1) is 17.4. The summed E-state index contributed by atoms with van der Waals surface area (Å²) in [5.74, 6) is 0.967. The Kier molecular flexibility index (Phi) is 5.57. The predicted molar refractivity (Wildman–Crippen MR) is 95.0 cm³/mol. The minimum Gasteiger partial charge on any atom is -0.353 e. The summed E-state index contributed by atoms with van der Waals surface area (Å²) in [6.07, 6.45) is 6.02. The Bertz CT molecular complexity index is 588. The van der Waals surface area contributed by atoms with Gasteiger partial charge in [0.25, 0.3) is 0 Å². The Morgan fingerprint density at radius 2 is 1.71 bits per heavy atom. The number of hydrogen-bond donors (Lipinski definition) is 2. The van der Waals surface area contributed by atoms with E-state index in [9.17, 15) is 9.59 Å². The maximum absolute atomic E-state index is 12.3. The van der Waals surface area contributed by atoms with Crippen LogP contribution in [0.2, 0.25) is 5.02 Å². The molecule has 2 fully saturated rings. The predicted octanol–water partition coefficient (Wildman–Crippen LogP) is 3.33. The first-order valence-electron chi connectivity index (χ1n) is 8.86. The van der Waals surface area contributed by atoms with Gasteiger partial charge >= 0.3 is 0 Å². The number of Topliss-reactive ketones (excluding diaryl/α,β-unsaturated/α-hetero) is 1. The molecule has 0 aromatic heterocycles. The molecule has 0 heterocycles. The van der Waals surface area contributed by atoms with Gasteiger partial charge in [-0.2, -0.15) is 0 Å². The number of hydrogen-bond acceptors (Lipinski definition) is 3. The van der Waals surface area contributed by atoms with E-state index >= 15 is 0 Å². The number of rotatable bonds is 5. The maximum atomic E-state index is 12.3. The molecule has 2 unspecified atom stereocenters. The molecule has 2 bridgehead atoms. The third-order valence-corrected chi connectivity index (χ3v) is 5.70. The third kappa shape index (κ3) is 4.17. The van der Waals surface area contributed by atoms with Crippen molar-refractivity contribution in [1.29, 1.82) is 0 Å². The number of nitrogens with one attached hydrogen (secondary N) is 1. The van der Waals surface area contributed by atoms with Crippen molar-refractivity contribution in [3.8, 4) is 0 Å². The van der Waals surface area contributed by atoms with Crippen LogP contribution in [0.15, 0.2) is 24.3 Å². The average molecular weight is 349 g/mol. The van der Waals surface area contributed by atoms with Crippen LogP contribution in [0.1, 0.15) is 55.3 Å².